The summed E-state index contributed by atoms with van der Waals surface area (Å²) < 4.78 is 35.7. The predicted octanol–water partition coefficient (Wildman–Crippen LogP) is 6.28. The van der Waals surface area contributed by atoms with Crippen molar-refractivity contribution in [2.24, 2.45) is 0 Å². The van der Waals surface area contributed by atoms with E-state index in [4.69, 9.17) is 16.3 Å². The molecule has 1 heterocycles. The molecule has 0 N–H and O–H groups in total. The van der Waals surface area contributed by atoms with Crippen molar-refractivity contribution in [3.63, 3.8) is 0 Å². The van der Waals surface area contributed by atoms with Crippen LogP contribution in [0, 0.1) is 0 Å². The van der Waals surface area contributed by atoms with Crippen LogP contribution < -0.4 is 9.04 Å². The first-order valence-corrected chi connectivity index (χ1v) is 14.0. The Morgan fingerprint density at radius 2 is 1.74 bits per heavy atom. The number of rotatable bonds is 8. The van der Waals surface area contributed by atoms with Gasteiger partial charge < -0.3 is 9.04 Å². The Hall–Kier alpha value is -2.19. The van der Waals surface area contributed by atoms with Crippen molar-refractivity contribution >= 4 is 39.3 Å². The maximum atomic E-state index is 13.2. The molecule has 0 bridgehead atoms. The molecular formula is C26H29ClN2O3S2. The highest BCUT2D eigenvalue weighted by Gasteiger charge is 2.32. The quantitative estimate of drug-likeness (QED) is 0.330. The molecule has 1 fully saturated rings. The molecule has 0 atom stereocenters. The Labute approximate surface area is 211 Å². The number of sulfonamides is 1. The lowest BCUT2D eigenvalue weighted by Crippen LogP contribution is -2.44. The van der Waals surface area contributed by atoms with E-state index in [1.165, 1.54) is 0 Å². The molecule has 5 nitrogen and oxygen atoms in total. The van der Waals surface area contributed by atoms with E-state index < -0.39 is 10.0 Å². The van der Waals surface area contributed by atoms with Gasteiger partial charge in [0.25, 0.3) is 0 Å². The van der Waals surface area contributed by atoms with Crippen LogP contribution in [0.25, 0.3) is 0 Å². The van der Waals surface area contributed by atoms with E-state index in [1.807, 2.05) is 60.7 Å². The van der Waals surface area contributed by atoms with Crippen LogP contribution in [0.2, 0.25) is 5.02 Å². The molecule has 34 heavy (non-hydrogen) atoms. The van der Waals surface area contributed by atoms with Gasteiger partial charge in [-0.05, 0) is 73.2 Å². The number of hydrogen-bond acceptors (Lipinski definition) is 5. The molecule has 1 aliphatic rings. The van der Waals surface area contributed by atoms with E-state index in [0.29, 0.717) is 35.8 Å². The summed E-state index contributed by atoms with van der Waals surface area (Å²) in [6, 6.07) is 23.1. The Kier molecular flexibility index (Phi) is 8.09. The Bertz CT molecular complexity index is 1210. The van der Waals surface area contributed by atoms with Crippen LogP contribution in [0.15, 0.2) is 82.6 Å². The fourth-order valence-corrected chi connectivity index (χ4v) is 6.87. The van der Waals surface area contributed by atoms with E-state index in [-0.39, 0.29) is 6.04 Å². The molecule has 3 aromatic carbocycles. The van der Waals surface area contributed by atoms with Crippen LogP contribution in [-0.2, 0) is 16.4 Å². The second-order valence-electron chi connectivity index (χ2n) is 8.18. The highest BCUT2D eigenvalue weighted by Crippen LogP contribution is 2.39. The second kappa shape index (κ2) is 11.0. The molecule has 0 unspecified atom stereocenters. The average molecular weight is 517 g/mol. The summed E-state index contributed by atoms with van der Waals surface area (Å²) >= 11 is 8.05. The van der Waals surface area contributed by atoms with Gasteiger partial charge in [-0.15, -0.1) is 0 Å². The number of hydrogen-bond donors (Lipinski definition) is 0. The number of piperidine rings is 1. The van der Waals surface area contributed by atoms with E-state index in [0.717, 1.165) is 28.3 Å². The molecular weight excluding hydrogens is 488 g/mol. The summed E-state index contributed by atoms with van der Waals surface area (Å²) in [6.45, 7) is 2.99. The zero-order valence-corrected chi connectivity index (χ0v) is 21.7. The number of methoxy groups -OCH3 is 1. The number of halogens is 1. The minimum atomic E-state index is -3.51. The first-order chi connectivity index (χ1) is 16.4. The molecule has 180 valence electrons. The monoisotopic (exact) mass is 516 g/mol. The van der Waals surface area contributed by atoms with Gasteiger partial charge in [-0.3, -0.25) is 0 Å². The fraction of sp³-hybridized carbons (Fsp3) is 0.308. The van der Waals surface area contributed by atoms with Gasteiger partial charge >= 0.3 is 0 Å². The lowest BCUT2D eigenvalue weighted by atomic mass is 10.1. The van der Waals surface area contributed by atoms with Crippen LogP contribution in [0.5, 0.6) is 5.75 Å². The Morgan fingerprint density at radius 3 is 2.38 bits per heavy atom. The topological polar surface area (TPSA) is 49.9 Å². The summed E-state index contributed by atoms with van der Waals surface area (Å²) in [4.78, 5) is 1.32. The third-order valence-corrected chi connectivity index (χ3v) is 9.68. The number of nitrogens with zero attached hydrogens (tertiary/aromatic N) is 2. The zero-order chi connectivity index (χ0) is 24.1. The number of benzene rings is 3. The molecule has 0 aliphatic carbocycles. The Morgan fingerprint density at radius 1 is 1.03 bits per heavy atom. The molecule has 3 aromatic rings. The summed E-state index contributed by atoms with van der Waals surface area (Å²) in [6.07, 6.45) is 2.30. The SMILES string of the molecule is CCc1ccc(S(=O)(=O)N2CCC(N(Sc3ccccc3Cl)c3cccc(OC)c3)CC2)cc1. The van der Waals surface area contributed by atoms with Crippen molar-refractivity contribution in [1.82, 2.24) is 4.31 Å². The van der Waals surface area contributed by atoms with Gasteiger partial charge in [0.2, 0.25) is 10.0 Å². The second-order valence-corrected chi connectivity index (χ2v) is 11.5. The molecule has 0 aromatic heterocycles. The van der Waals surface area contributed by atoms with Crippen molar-refractivity contribution in [3.05, 3.63) is 83.4 Å². The third-order valence-electron chi connectivity index (χ3n) is 6.07. The summed E-state index contributed by atoms with van der Waals surface area (Å²) in [7, 11) is -1.86. The fourth-order valence-electron chi connectivity index (χ4n) is 4.07. The number of ether oxygens (including phenoxy) is 1. The van der Waals surface area contributed by atoms with Crippen molar-refractivity contribution in [2.75, 3.05) is 24.5 Å². The maximum absolute atomic E-state index is 13.2. The van der Waals surface area contributed by atoms with Crippen LogP contribution in [0.1, 0.15) is 25.3 Å². The standard InChI is InChI=1S/C26H29ClN2O3S2/c1-3-20-11-13-24(14-12-20)34(30,31)28-17-15-21(16-18-28)29(22-7-6-8-23(19-22)32-2)33-26-10-5-4-9-25(26)27/h4-14,19,21H,3,15-18H2,1-2H3. The molecule has 8 heteroatoms. The smallest absolute Gasteiger partial charge is 0.243 e. The van der Waals surface area contributed by atoms with E-state index >= 15 is 0 Å². The summed E-state index contributed by atoms with van der Waals surface area (Å²) in [5.74, 6) is 0.776. The van der Waals surface area contributed by atoms with Crippen molar-refractivity contribution in [1.29, 1.82) is 0 Å². The van der Waals surface area contributed by atoms with E-state index in [2.05, 4.69) is 11.2 Å². The largest absolute Gasteiger partial charge is 0.497 e. The van der Waals surface area contributed by atoms with E-state index in [1.54, 1.807) is 35.5 Å². The molecule has 1 saturated heterocycles. The van der Waals surface area contributed by atoms with Crippen LogP contribution in [0.4, 0.5) is 5.69 Å². The Balaban J connectivity index is 1.54. The number of anilines is 1. The molecule has 0 spiro atoms. The third kappa shape index (κ3) is 5.54. The lowest BCUT2D eigenvalue weighted by molar-refractivity contribution is 0.322. The van der Waals surface area contributed by atoms with Crippen molar-refractivity contribution in [3.8, 4) is 5.75 Å². The maximum Gasteiger partial charge on any atom is 0.243 e. The first-order valence-electron chi connectivity index (χ1n) is 11.4. The van der Waals surface area contributed by atoms with Crippen molar-refractivity contribution < 1.29 is 13.2 Å². The minimum Gasteiger partial charge on any atom is -0.497 e. The van der Waals surface area contributed by atoms with Gasteiger partial charge in [0, 0.05) is 30.1 Å². The van der Waals surface area contributed by atoms with E-state index in [9.17, 15) is 8.42 Å². The molecule has 0 amide bonds. The van der Waals surface area contributed by atoms with Gasteiger partial charge in [0.15, 0.2) is 0 Å². The number of aryl methyl sites for hydroxylation is 1. The molecule has 4 rings (SSSR count). The van der Waals surface area contributed by atoms with Crippen LogP contribution in [-0.4, -0.2) is 39.0 Å². The molecule has 0 saturated carbocycles. The van der Waals surface area contributed by atoms with Gasteiger partial charge in [0.1, 0.15) is 5.75 Å². The van der Waals surface area contributed by atoms with Gasteiger partial charge in [-0.1, -0.05) is 48.9 Å². The first kappa shape index (κ1) is 24.9. The molecule has 0 radical (unpaired) electrons. The van der Waals surface area contributed by atoms with Crippen LogP contribution in [0.3, 0.4) is 0 Å². The predicted molar refractivity (Wildman–Crippen MR) is 140 cm³/mol. The minimum absolute atomic E-state index is 0.141. The summed E-state index contributed by atoms with van der Waals surface area (Å²) in [5.41, 5.74) is 2.13. The normalized spacial score (nSPS) is 15.3. The van der Waals surface area contributed by atoms with Gasteiger partial charge in [-0.2, -0.15) is 4.31 Å². The lowest BCUT2D eigenvalue weighted by Gasteiger charge is -2.38. The van der Waals surface area contributed by atoms with Gasteiger partial charge in [-0.25, -0.2) is 8.42 Å². The average Bonchev–Trinajstić information content (AvgIpc) is 2.88. The highest BCUT2D eigenvalue weighted by molar-refractivity contribution is 8.00. The highest BCUT2D eigenvalue weighted by atomic mass is 35.5. The van der Waals surface area contributed by atoms with Gasteiger partial charge in [0.05, 0.1) is 22.7 Å². The van der Waals surface area contributed by atoms with Crippen LogP contribution >= 0.6 is 23.5 Å². The molecule has 1 aliphatic heterocycles. The zero-order valence-electron chi connectivity index (χ0n) is 19.4. The van der Waals surface area contributed by atoms with Crippen molar-refractivity contribution in [2.45, 2.75) is 42.0 Å². The summed E-state index contributed by atoms with van der Waals surface area (Å²) in [5, 5.41) is 0.691.